The van der Waals surface area contributed by atoms with Crippen molar-refractivity contribution in [2.75, 3.05) is 7.11 Å². The molecule has 0 amide bonds. The van der Waals surface area contributed by atoms with E-state index < -0.39 is 0 Å². The van der Waals surface area contributed by atoms with Gasteiger partial charge in [0.2, 0.25) is 5.78 Å². The van der Waals surface area contributed by atoms with Crippen LogP contribution in [0.5, 0.6) is 5.75 Å². The van der Waals surface area contributed by atoms with E-state index in [1.807, 2.05) is 12.3 Å². The van der Waals surface area contributed by atoms with E-state index in [0.717, 1.165) is 17.0 Å². The second kappa shape index (κ2) is 8.72. The molecule has 0 saturated heterocycles. The molecule has 0 radical (unpaired) electrons. The fourth-order valence-corrected chi connectivity index (χ4v) is 2.77. The van der Waals surface area contributed by atoms with Gasteiger partial charge in [0.1, 0.15) is 5.75 Å². The fourth-order valence-electron chi connectivity index (χ4n) is 2.77. The van der Waals surface area contributed by atoms with Crippen molar-refractivity contribution < 1.29 is 31.1 Å². The molecular formula is C21H21BrN2O2. The molecule has 0 aliphatic rings. The van der Waals surface area contributed by atoms with Crippen LogP contribution in [0.2, 0.25) is 0 Å². The van der Waals surface area contributed by atoms with Gasteiger partial charge in [0.25, 0.3) is 6.33 Å². The summed E-state index contributed by atoms with van der Waals surface area (Å²) in [6.07, 6.45) is 3.60. The van der Waals surface area contributed by atoms with Crippen molar-refractivity contribution >= 4 is 5.78 Å². The molecule has 0 atom stereocenters. The first-order chi connectivity index (χ1) is 12.1. The molecule has 2 aromatic carbocycles. The van der Waals surface area contributed by atoms with Crippen LogP contribution in [-0.4, -0.2) is 17.9 Å². The minimum Gasteiger partial charge on any atom is -1.00 e. The van der Waals surface area contributed by atoms with Gasteiger partial charge >= 0.3 is 0 Å². The van der Waals surface area contributed by atoms with Crippen LogP contribution >= 0.6 is 0 Å². The Kier molecular flexibility index (Phi) is 6.64. The number of carbonyl (C=O) groups excluding carboxylic acids is 1. The monoisotopic (exact) mass is 412 g/mol. The third-order valence-corrected chi connectivity index (χ3v) is 4.17. The maximum absolute atomic E-state index is 12.4. The minimum absolute atomic E-state index is 0. The Morgan fingerprint density at radius 3 is 2.38 bits per heavy atom. The number of halogens is 1. The Morgan fingerprint density at radius 2 is 1.81 bits per heavy atom. The summed E-state index contributed by atoms with van der Waals surface area (Å²) in [6.45, 7) is 4.42. The molecule has 3 aromatic rings. The lowest BCUT2D eigenvalue weighted by Gasteiger charge is -2.04. The Hall–Kier alpha value is -2.53. The zero-order valence-corrected chi connectivity index (χ0v) is 16.7. The van der Waals surface area contributed by atoms with Crippen LogP contribution in [0.25, 0.3) is 11.3 Å². The van der Waals surface area contributed by atoms with Crippen LogP contribution in [0.3, 0.4) is 0 Å². The Labute approximate surface area is 164 Å². The maximum Gasteiger partial charge on any atom is 0.287 e. The predicted octanol–water partition coefficient (Wildman–Crippen LogP) is 0.548. The molecule has 1 heterocycles. The molecule has 0 saturated carbocycles. The van der Waals surface area contributed by atoms with Gasteiger partial charge in [-0.1, -0.05) is 23.8 Å². The molecule has 26 heavy (non-hydrogen) atoms. The van der Waals surface area contributed by atoms with E-state index in [9.17, 15) is 4.79 Å². The van der Waals surface area contributed by atoms with Crippen molar-refractivity contribution in [2.45, 2.75) is 20.4 Å². The number of hydrogen-bond acceptors (Lipinski definition) is 3. The van der Waals surface area contributed by atoms with Crippen LogP contribution in [-0.2, 0) is 6.54 Å². The first-order valence-electron chi connectivity index (χ1n) is 8.17. The molecule has 0 N–H and O–H groups in total. The van der Waals surface area contributed by atoms with Crippen molar-refractivity contribution in [1.29, 1.82) is 0 Å². The zero-order chi connectivity index (χ0) is 17.8. The second-order valence-electron chi connectivity index (χ2n) is 6.09. The quantitative estimate of drug-likeness (QED) is 0.453. The van der Waals surface area contributed by atoms with Gasteiger partial charge in [-0.15, -0.1) is 0 Å². The molecule has 0 bridgehead atoms. The third-order valence-electron chi connectivity index (χ3n) is 4.17. The van der Waals surface area contributed by atoms with Crippen molar-refractivity contribution in [1.82, 2.24) is 4.98 Å². The molecule has 0 aliphatic carbocycles. The molecule has 0 aliphatic heterocycles. The number of Topliss-reactive ketones (excluding diaryl/α,β-unsaturated/α-hetero) is 1. The van der Waals surface area contributed by atoms with Crippen LogP contribution in [0, 0.1) is 13.8 Å². The van der Waals surface area contributed by atoms with Gasteiger partial charge in [-0.2, -0.15) is 0 Å². The summed E-state index contributed by atoms with van der Waals surface area (Å²) in [4.78, 5) is 16.9. The number of ketones is 1. The average Bonchev–Trinajstić information content (AvgIpc) is 2.63. The minimum atomic E-state index is 0. The van der Waals surface area contributed by atoms with Crippen molar-refractivity contribution in [3.63, 3.8) is 0 Å². The van der Waals surface area contributed by atoms with Crippen molar-refractivity contribution in [3.8, 4) is 17.0 Å². The summed E-state index contributed by atoms with van der Waals surface area (Å²) < 4.78 is 6.90. The highest BCUT2D eigenvalue weighted by atomic mass is 79.9. The highest BCUT2D eigenvalue weighted by molar-refractivity contribution is 5.95. The van der Waals surface area contributed by atoms with E-state index in [1.165, 1.54) is 11.1 Å². The normalized spacial score (nSPS) is 10.1. The largest absolute Gasteiger partial charge is 1.00 e. The SMILES string of the molecule is COc1ccc(C(=O)C[n+]2ccc(-c3ccc(C)cc3C)nc2)cc1.[Br-]. The second-order valence-corrected chi connectivity index (χ2v) is 6.09. The van der Waals surface area contributed by atoms with Crippen LogP contribution in [0.1, 0.15) is 21.5 Å². The van der Waals surface area contributed by atoms with E-state index in [1.54, 1.807) is 42.3 Å². The number of aromatic nitrogens is 2. The van der Waals surface area contributed by atoms with Crippen molar-refractivity contribution in [2.24, 2.45) is 0 Å². The van der Waals surface area contributed by atoms with Crippen LogP contribution in [0.15, 0.2) is 61.1 Å². The molecule has 0 unspecified atom stereocenters. The third kappa shape index (κ3) is 4.55. The lowest BCUT2D eigenvalue weighted by atomic mass is 10.0. The molecule has 5 heteroatoms. The van der Waals surface area contributed by atoms with E-state index in [-0.39, 0.29) is 29.3 Å². The molecule has 4 nitrogen and oxygen atoms in total. The van der Waals surface area contributed by atoms with Gasteiger partial charge in [-0.05, 0) is 48.7 Å². The number of carbonyl (C=O) groups is 1. The van der Waals surface area contributed by atoms with E-state index in [2.05, 4.69) is 37.0 Å². The topological polar surface area (TPSA) is 43.1 Å². The number of rotatable bonds is 5. The molecule has 3 rings (SSSR count). The van der Waals surface area contributed by atoms with Crippen LogP contribution in [0.4, 0.5) is 0 Å². The summed E-state index contributed by atoms with van der Waals surface area (Å²) in [5.74, 6) is 0.775. The summed E-state index contributed by atoms with van der Waals surface area (Å²) in [5, 5.41) is 0. The number of hydrogen-bond donors (Lipinski definition) is 0. The molecular weight excluding hydrogens is 392 g/mol. The van der Waals surface area contributed by atoms with Gasteiger partial charge in [-0.3, -0.25) is 4.79 Å². The lowest BCUT2D eigenvalue weighted by molar-refractivity contribution is -0.686. The van der Waals surface area contributed by atoms with Crippen molar-refractivity contribution in [3.05, 3.63) is 77.7 Å². The fraction of sp³-hybridized carbons (Fsp3) is 0.190. The summed E-state index contributed by atoms with van der Waals surface area (Å²) >= 11 is 0. The molecule has 1 aromatic heterocycles. The molecule has 0 spiro atoms. The van der Waals surface area contributed by atoms with E-state index in [4.69, 9.17) is 4.74 Å². The van der Waals surface area contributed by atoms with E-state index >= 15 is 0 Å². The molecule has 0 fully saturated rings. The Morgan fingerprint density at radius 1 is 1.08 bits per heavy atom. The van der Waals surface area contributed by atoms with Gasteiger partial charge in [-0.25, -0.2) is 4.57 Å². The maximum atomic E-state index is 12.4. The molecule has 134 valence electrons. The Bertz CT molecular complexity index is 891. The summed E-state index contributed by atoms with van der Waals surface area (Å²) in [6, 6.07) is 15.4. The standard InChI is InChI=1S/C21H21N2O2.BrH/c1-15-4-9-19(16(2)12-15)20-10-11-23(14-22-20)13-21(24)17-5-7-18(25-3)8-6-17;/h4-12,14H,13H2,1-3H3;1H/q+1;/p-1. The summed E-state index contributed by atoms with van der Waals surface area (Å²) in [5.41, 5.74) is 5.11. The smallest absolute Gasteiger partial charge is 0.287 e. The van der Waals surface area contributed by atoms with Gasteiger partial charge < -0.3 is 21.7 Å². The highest BCUT2D eigenvalue weighted by Gasteiger charge is 2.13. The summed E-state index contributed by atoms with van der Waals surface area (Å²) in [7, 11) is 1.61. The Balaban J connectivity index is 0.00000243. The first kappa shape index (κ1) is 19.8. The van der Waals surface area contributed by atoms with Crippen LogP contribution < -0.4 is 26.3 Å². The number of ether oxygens (including phenoxy) is 1. The van der Waals surface area contributed by atoms with Gasteiger partial charge in [0.05, 0.1) is 13.3 Å². The average molecular weight is 413 g/mol. The zero-order valence-electron chi connectivity index (χ0n) is 15.1. The highest BCUT2D eigenvalue weighted by Crippen LogP contribution is 2.21. The lowest BCUT2D eigenvalue weighted by Crippen LogP contribution is -3.00. The number of nitrogens with zero attached hydrogens (tertiary/aromatic N) is 2. The van der Waals surface area contributed by atoms with E-state index in [0.29, 0.717) is 5.56 Å². The first-order valence-corrected chi connectivity index (χ1v) is 8.17. The van der Waals surface area contributed by atoms with Gasteiger partial charge in [0.15, 0.2) is 12.2 Å². The number of methoxy groups -OCH3 is 1. The predicted molar refractivity (Wildman–Crippen MR) is 96.7 cm³/mol. The number of aryl methyl sites for hydroxylation is 2. The van der Waals surface area contributed by atoms with Gasteiger partial charge in [0, 0.05) is 17.2 Å². The number of benzene rings is 2.